The third kappa shape index (κ3) is 3.92. The fourth-order valence-electron chi connectivity index (χ4n) is 1.35. The molecule has 0 aliphatic heterocycles. The molecule has 0 heterocycles. The van der Waals surface area contributed by atoms with Crippen molar-refractivity contribution in [3.63, 3.8) is 0 Å². The molecule has 19 heavy (non-hydrogen) atoms. The molecule has 0 saturated heterocycles. The number of carbonyl (C=O) groups is 1. The lowest BCUT2D eigenvalue weighted by atomic mass is 10.1. The number of aliphatic hydroxyl groups is 1. The van der Waals surface area contributed by atoms with E-state index in [-0.39, 0.29) is 19.1 Å². The quantitative estimate of drug-likeness (QED) is 0.830. The topological polar surface area (TPSA) is 49.3 Å². The smallest absolute Gasteiger partial charge is 0.396 e. The minimum Gasteiger partial charge on any atom is -0.396 e. The maximum Gasteiger partial charge on any atom is 0.419 e. The van der Waals surface area contributed by atoms with E-state index in [1.807, 2.05) is 0 Å². The summed E-state index contributed by atoms with van der Waals surface area (Å²) in [7, 11) is 0. The highest BCUT2D eigenvalue weighted by Crippen LogP contribution is 2.32. The molecule has 0 bridgehead atoms. The van der Waals surface area contributed by atoms with Crippen LogP contribution in [0.5, 0.6) is 0 Å². The largest absolute Gasteiger partial charge is 0.419 e. The number of nitrogens with one attached hydrogen (secondary N) is 1. The zero-order valence-corrected chi connectivity index (χ0v) is 10.1. The molecular weight excluding hydrogens is 266 g/mol. The molecule has 0 radical (unpaired) electrons. The van der Waals surface area contributed by atoms with Crippen molar-refractivity contribution in [2.75, 3.05) is 13.2 Å². The molecule has 1 rings (SSSR count). The van der Waals surface area contributed by atoms with Gasteiger partial charge in [-0.25, -0.2) is 4.39 Å². The highest BCUT2D eigenvalue weighted by molar-refractivity contribution is 5.94. The van der Waals surface area contributed by atoms with Gasteiger partial charge in [0.15, 0.2) is 0 Å². The van der Waals surface area contributed by atoms with Crippen LogP contribution >= 0.6 is 0 Å². The van der Waals surface area contributed by atoms with Gasteiger partial charge in [-0.2, -0.15) is 13.2 Å². The number of alkyl halides is 3. The van der Waals surface area contributed by atoms with E-state index in [0.29, 0.717) is 6.07 Å². The van der Waals surface area contributed by atoms with Crippen LogP contribution in [-0.2, 0) is 6.18 Å². The Bertz CT molecular complexity index is 460. The van der Waals surface area contributed by atoms with E-state index in [9.17, 15) is 22.4 Å². The summed E-state index contributed by atoms with van der Waals surface area (Å²) in [5.41, 5.74) is -2.14. The lowest BCUT2D eigenvalue weighted by Gasteiger charge is -2.12. The standard InChI is InChI=1S/C12H13F4NO2/c1-7(6-18)5-17-11(19)8-3-2-4-9(10(8)13)12(14,15)16/h2-4,7,18H,5-6H2,1H3,(H,17,19). The molecule has 0 aliphatic carbocycles. The third-order valence-electron chi connectivity index (χ3n) is 2.47. The van der Waals surface area contributed by atoms with Crippen molar-refractivity contribution in [3.05, 3.63) is 35.1 Å². The predicted molar refractivity (Wildman–Crippen MR) is 60.0 cm³/mol. The second kappa shape index (κ2) is 6.01. The lowest BCUT2D eigenvalue weighted by Crippen LogP contribution is -2.30. The first-order valence-electron chi connectivity index (χ1n) is 5.52. The molecule has 1 aromatic carbocycles. The van der Waals surface area contributed by atoms with E-state index in [1.54, 1.807) is 6.92 Å². The molecule has 2 N–H and O–H groups in total. The third-order valence-corrected chi connectivity index (χ3v) is 2.47. The van der Waals surface area contributed by atoms with Crippen molar-refractivity contribution in [1.29, 1.82) is 0 Å². The summed E-state index contributed by atoms with van der Waals surface area (Å²) in [6, 6.07) is 2.52. The first-order valence-corrected chi connectivity index (χ1v) is 5.52. The van der Waals surface area contributed by atoms with E-state index in [0.717, 1.165) is 12.1 Å². The number of aliphatic hydroxyl groups excluding tert-OH is 1. The molecule has 0 aliphatic rings. The summed E-state index contributed by atoms with van der Waals surface area (Å²) in [5.74, 6) is -2.80. The van der Waals surface area contributed by atoms with Crippen LogP contribution in [0.3, 0.4) is 0 Å². The van der Waals surface area contributed by atoms with Crippen molar-refractivity contribution in [1.82, 2.24) is 5.32 Å². The van der Waals surface area contributed by atoms with Gasteiger partial charge in [0.2, 0.25) is 0 Å². The SMILES string of the molecule is CC(CO)CNC(=O)c1cccc(C(F)(F)F)c1F. The minimum atomic E-state index is -4.85. The number of halogens is 4. The number of carbonyl (C=O) groups excluding carboxylic acids is 1. The Morgan fingerprint density at radius 1 is 1.42 bits per heavy atom. The fourth-order valence-corrected chi connectivity index (χ4v) is 1.35. The van der Waals surface area contributed by atoms with Crippen LogP contribution in [0.2, 0.25) is 0 Å². The lowest BCUT2D eigenvalue weighted by molar-refractivity contribution is -0.140. The average Bonchev–Trinajstić information content (AvgIpc) is 2.34. The second-order valence-electron chi connectivity index (χ2n) is 4.16. The molecule has 1 atom stereocenters. The Hall–Kier alpha value is -1.63. The number of amides is 1. The Labute approximate surface area is 107 Å². The summed E-state index contributed by atoms with van der Waals surface area (Å²) in [5, 5.41) is 11.0. The monoisotopic (exact) mass is 279 g/mol. The van der Waals surface area contributed by atoms with E-state index in [1.165, 1.54) is 0 Å². The normalized spacial score (nSPS) is 13.2. The highest BCUT2D eigenvalue weighted by atomic mass is 19.4. The Kier molecular flexibility index (Phi) is 4.88. The predicted octanol–water partition coefficient (Wildman–Crippen LogP) is 2.20. The van der Waals surface area contributed by atoms with Crippen LogP contribution in [0.1, 0.15) is 22.8 Å². The van der Waals surface area contributed by atoms with Crippen LogP contribution in [0, 0.1) is 11.7 Å². The van der Waals surface area contributed by atoms with E-state index in [4.69, 9.17) is 5.11 Å². The van der Waals surface area contributed by atoms with Gasteiger partial charge in [0.1, 0.15) is 5.82 Å². The maximum absolute atomic E-state index is 13.6. The van der Waals surface area contributed by atoms with Gasteiger partial charge in [-0.15, -0.1) is 0 Å². The van der Waals surface area contributed by atoms with E-state index < -0.39 is 29.0 Å². The zero-order chi connectivity index (χ0) is 14.6. The summed E-state index contributed by atoms with van der Waals surface area (Å²) >= 11 is 0. The van der Waals surface area contributed by atoms with Gasteiger partial charge in [-0.3, -0.25) is 4.79 Å². The Balaban J connectivity index is 2.93. The molecular formula is C12H13F4NO2. The molecule has 1 amide bonds. The molecule has 7 heteroatoms. The van der Waals surface area contributed by atoms with Crippen LogP contribution in [0.4, 0.5) is 17.6 Å². The van der Waals surface area contributed by atoms with Gasteiger partial charge < -0.3 is 10.4 Å². The number of hydrogen-bond donors (Lipinski definition) is 2. The minimum absolute atomic E-state index is 0.0466. The van der Waals surface area contributed by atoms with Crippen molar-refractivity contribution < 1.29 is 27.5 Å². The number of benzene rings is 1. The fraction of sp³-hybridized carbons (Fsp3) is 0.417. The molecule has 0 fully saturated rings. The van der Waals surface area contributed by atoms with Gasteiger partial charge in [-0.05, 0) is 18.1 Å². The summed E-state index contributed by atoms with van der Waals surface area (Å²) < 4.78 is 51.0. The Morgan fingerprint density at radius 2 is 2.05 bits per heavy atom. The number of hydrogen-bond acceptors (Lipinski definition) is 2. The average molecular weight is 279 g/mol. The summed E-state index contributed by atoms with van der Waals surface area (Å²) in [4.78, 5) is 11.6. The van der Waals surface area contributed by atoms with Crippen molar-refractivity contribution in [3.8, 4) is 0 Å². The molecule has 3 nitrogen and oxygen atoms in total. The van der Waals surface area contributed by atoms with E-state index >= 15 is 0 Å². The van der Waals surface area contributed by atoms with Crippen molar-refractivity contribution in [2.45, 2.75) is 13.1 Å². The van der Waals surface area contributed by atoms with Crippen molar-refractivity contribution >= 4 is 5.91 Å². The van der Waals surface area contributed by atoms with E-state index in [2.05, 4.69) is 5.32 Å². The summed E-state index contributed by atoms with van der Waals surface area (Å²) in [6.07, 6.45) is -4.85. The van der Waals surface area contributed by atoms with Gasteiger partial charge in [-0.1, -0.05) is 13.0 Å². The first-order chi connectivity index (χ1) is 8.77. The second-order valence-corrected chi connectivity index (χ2v) is 4.16. The first kappa shape index (κ1) is 15.4. The molecule has 1 unspecified atom stereocenters. The van der Waals surface area contributed by atoms with Crippen LogP contribution < -0.4 is 5.32 Å². The van der Waals surface area contributed by atoms with Gasteiger partial charge in [0.25, 0.3) is 5.91 Å². The number of rotatable bonds is 4. The molecule has 0 spiro atoms. The zero-order valence-electron chi connectivity index (χ0n) is 10.1. The molecule has 0 aromatic heterocycles. The van der Waals surface area contributed by atoms with Crippen molar-refractivity contribution in [2.24, 2.45) is 5.92 Å². The van der Waals surface area contributed by atoms with Crippen LogP contribution in [0.25, 0.3) is 0 Å². The van der Waals surface area contributed by atoms with Crippen LogP contribution in [0.15, 0.2) is 18.2 Å². The molecule has 106 valence electrons. The molecule has 0 saturated carbocycles. The van der Waals surface area contributed by atoms with Gasteiger partial charge in [0.05, 0.1) is 11.1 Å². The van der Waals surface area contributed by atoms with Gasteiger partial charge in [0, 0.05) is 13.2 Å². The van der Waals surface area contributed by atoms with Crippen LogP contribution in [-0.4, -0.2) is 24.2 Å². The van der Waals surface area contributed by atoms with Gasteiger partial charge >= 0.3 is 6.18 Å². The maximum atomic E-state index is 13.6. The Morgan fingerprint density at radius 3 is 2.58 bits per heavy atom. The summed E-state index contributed by atoms with van der Waals surface area (Å²) in [6.45, 7) is 1.49. The highest BCUT2D eigenvalue weighted by Gasteiger charge is 2.35. The molecule has 1 aromatic rings.